The van der Waals surface area contributed by atoms with Gasteiger partial charge in [-0.1, -0.05) is 40.2 Å². The van der Waals surface area contributed by atoms with Gasteiger partial charge in [0.15, 0.2) is 0 Å². The molecule has 2 aromatic carbocycles. The molecule has 0 fully saturated rings. The predicted molar refractivity (Wildman–Crippen MR) is 103 cm³/mol. The van der Waals surface area contributed by atoms with Crippen molar-refractivity contribution in [1.29, 1.82) is 0 Å². The zero-order valence-electron chi connectivity index (χ0n) is 13.5. The first-order valence-corrected chi connectivity index (χ1v) is 10.0. The lowest BCUT2D eigenvalue weighted by Crippen LogP contribution is -2.20. The first-order chi connectivity index (χ1) is 12.0. The minimum atomic E-state index is -3.26. The average Bonchev–Trinajstić information content (AvgIpc) is 2.61. The van der Waals surface area contributed by atoms with Crippen LogP contribution >= 0.6 is 15.9 Å². The summed E-state index contributed by atoms with van der Waals surface area (Å²) in [5.41, 5.74) is 2.65. The summed E-state index contributed by atoms with van der Waals surface area (Å²) in [4.78, 5) is 8.57. The molecule has 0 aliphatic carbocycles. The van der Waals surface area contributed by atoms with Crippen molar-refractivity contribution < 1.29 is 8.42 Å². The van der Waals surface area contributed by atoms with Gasteiger partial charge in [0.05, 0.1) is 11.3 Å². The largest absolute Gasteiger partial charge is 0.365 e. The molecule has 8 heteroatoms. The number of nitrogens with zero attached hydrogens (tertiary/aromatic N) is 2. The minimum Gasteiger partial charge on any atom is -0.365 e. The van der Waals surface area contributed by atoms with Crippen LogP contribution in [0.5, 0.6) is 0 Å². The SMILES string of the molecule is CNS(=O)(=O)Cc1ccc(CNc2ncnc3ccc(Br)cc23)cc1. The van der Waals surface area contributed by atoms with Crippen molar-refractivity contribution in [1.82, 2.24) is 14.7 Å². The van der Waals surface area contributed by atoms with Crippen LogP contribution in [0.25, 0.3) is 10.9 Å². The summed E-state index contributed by atoms with van der Waals surface area (Å²) in [5, 5.41) is 4.25. The molecule has 6 nitrogen and oxygen atoms in total. The van der Waals surface area contributed by atoms with Gasteiger partial charge in [-0.25, -0.2) is 23.1 Å². The van der Waals surface area contributed by atoms with E-state index in [0.29, 0.717) is 6.54 Å². The van der Waals surface area contributed by atoms with Gasteiger partial charge in [-0.15, -0.1) is 0 Å². The Kier molecular flexibility index (Phi) is 5.31. The van der Waals surface area contributed by atoms with Crippen LogP contribution in [0.3, 0.4) is 0 Å². The highest BCUT2D eigenvalue weighted by Crippen LogP contribution is 2.23. The normalized spacial score (nSPS) is 11.6. The number of anilines is 1. The Hall–Kier alpha value is -2.03. The van der Waals surface area contributed by atoms with E-state index < -0.39 is 10.0 Å². The maximum absolute atomic E-state index is 11.6. The van der Waals surface area contributed by atoms with Crippen LogP contribution in [0.4, 0.5) is 5.82 Å². The Morgan fingerprint density at radius 1 is 1.04 bits per heavy atom. The van der Waals surface area contributed by atoms with Crippen LogP contribution in [-0.2, 0) is 22.3 Å². The monoisotopic (exact) mass is 420 g/mol. The Morgan fingerprint density at radius 2 is 1.76 bits per heavy atom. The van der Waals surface area contributed by atoms with Crippen molar-refractivity contribution in [2.75, 3.05) is 12.4 Å². The zero-order valence-corrected chi connectivity index (χ0v) is 15.9. The van der Waals surface area contributed by atoms with Crippen LogP contribution < -0.4 is 10.0 Å². The first kappa shape index (κ1) is 17.8. The number of hydrogen-bond acceptors (Lipinski definition) is 5. The van der Waals surface area contributed by atoms with Gasteiger partial charge in [0.1, 0.15) is 12.1 Å². The van der Waals surface area contributed by atoms with Gasteiger partial charge < -0.3 is 5.32 Å². The number of benzene rings is 2. The van der Waals surface area contributed by atoms with Gasteiger partial charge in [0, 0.05) is 16.4 Å². The molecule has 0 unspecified atom stereocenters. The van der Waals surface area contributed by atoms with Gasteiger partial charge in [-0.2, -0.15) is 0 Å². The summed E-state index contributed by atoms with van der Waals surface area (Å²) in [6, 6.07) is 13.3. The number of nitrogens with one attached hydrogen (secondary N) is 2. The lowest BCUT2D eigenvalue weighted by atomic mass is 10.1. The highest BCUT2D eigenvalue weighted by molar-refractivity contribution is 9.10. The molecule has 0 atom stereocenters. The third-order valence-electron chi connectivity index (χ3n) is 3.75. The molecular weight excluding hydrogens is 404 g/mol. The van der Waals surface area contributed by atoms with Crippen molar-refractivity contribution in [3.05, 3.63) is 64.4 Å². The van der Waals surface area contributed by atoms with E-state index in [1.807, 2.05) is 42.5 Å². The number of halogens is 1. The van der Waals surface area contributed by atoms with Gasteiger partial charge in [-0.3, -0.25) is 0 Å². The third kappa shape index (κ3) is 4.53. The molecule has 3 aromatic rings. The highest BCUT2D eigenvalue weighted by Gasteiger charge is 2.08. The number of hydrogen-bond donors (Lipinski definition) is 2. The second-order valence-electron chi connectivity index (χ2n) is 5.52. The molecular formula is C17H17BrN4O2S. The van der Waals surface area contributed by atoms with E-state index in [1.165, 1.54) is 13.4 Å². The number of rotatable bonds is 6. The van der Waals surface area contributed by atoms with Crippen molar-refractivity contribution in [2.45, 2.75) is 12.3 Å². The van der Waals surface area contributed by atoms with Crippen LogP contribution in [0.1, 0.15) is 11.1 Å². The van der Waals surface area contributed by atoms with Crippen molar-refractivity contribution >= 4 is 42.7 Å². The quantitative estimate of drug-likeness (QED) is 0.639. The van der Waals surface area contributed by atoms with E-state index in [-0.39, 0.29) is 5.75 Å². The second-order valence-corrected chi connectivity index (χ2v) is 8.36. The van der Waals surface area contributed by atoms with Gasteiger partial charge in [0.25, 0.3) is 0 Å². The first-order valence-electron chi connectivity index (χ1n) is 7.60. The van der Waals surface area contributed by atoms with Crippen LogP contribution in [0.2, 0.25) is 0 Å². The van der Waals surface area contributed by atoms with E-state index in [4.69, 9.17) is 0 Å². The van der Waals surface area contributed by atoms with Crippen molar-refractivity contribution in [2.24, 2.45) is 0 Å². The summed E-state index contributed by atoms with van der Waals surface area (Å²) >= 11 is 3.46. The molecule has 0 amide bonds. The molecule has 0 bridgehead atoms. The van der Waals surface area contributed by atoms with Gasteiger partial charge in [-0.05, 0) is 36.4 Å². The molecule has 0 radical (unpaired) electrons. The van der Waals surface area contributed by atoms with E-state index in [0.717, 1.165) is 32.3 Å². The van der Waals surface area contributed by atoms with E-state index in [2.05, 4.69) is 35.9 Å². The standard InChI is InChI=1S/C17H17BrN4O2S/c1-19-25(23,24)10-13-4-2-12(3-5-13)9-20-17-15-8-14(18)6-7-16(15)21-11-22-17/h2-8,11,19H,9-10H2,1H3,(H,20,21,22). The molecule has 130 valence electrons. The third-order valence-corrected chi connectivity index (χ3v) is 5.58. The lowest BCUT2D eigenvalue weighted by molar-refractivity contribution is 0.587. The van der Waals surface area contributed by atoms with Crippen molar-refractivity contribution in [3.63, 3.8) is 0 Å². The molecule has 25 heavy (non-hydrogen) atoms. The fraction of sp³-hybridized carbons (Fsp3) is 0.176. The molecule has 0 saturated carbocycles. The molecule has 0 aliphatic heterocycles. The smallest absolute Gasteiger partial charge is 0.215 e. The van der Waals surface area contributed by atoms with E-state index in [1.54, 1.807) is 0 Å². The number of fused-ring (bicyclic) bond motifs is 1. The second kappa shape index (κ2) is 7.47. The van der Waals surface area contributed by atoms with Crippen molar-refractivity contribution in [3.8, 4) is 0 Å². The highest BCUT2D eigenvalue weighted by atomic mass is 79.9. The number of aromatic nitrogens is 2. The maximum atomic E-state index is 11.6. The maximum Gasteiger partial charge on any atom is 0.215 e. The minimum absolute atomic E-state index is 0.0260. The fourth-order valence-electron chi connectivity index (χ4n) is 2.40. The summed E-state index contributed by atoms with van der Waals surface area (Å²) in [6.07, 6.45) is 1.53. The van der Waals surface area contributed by atoms with Crippen LogP contribution in [-0.4, -0.2) is 25.4 Å². The zero-order chi connectivity index (χ0) is 17.9. The topological polar surface area (TPSA) is 84.0 Å². The van der Waals surface area contributed by atoms with Gasteiger partial charge in [0.2, 0.25) is 10.0 Å². The molecule has 1 aromatic heterocycles. The molecule has 0 saturated heterocycles. The fourth-order valence-corrected chi connectivity index (χ4v) is 3.54. The van der Waals surface area contributed by atoms with E-state index >= 15 is 0 Å². The number of sulfonamides is 1. The summed E-state index contributed by atoms with van der Waals surface area (Å²) in [5.74, 6) is 0.732. The van der Waals surface area contributed by atoms with Gasteiger partial charge >= 0.3 is 0 Å². The van der Waals surface area contributed by atoms with Crippen LogP contribution in [0.15, 0.2) is 53.3 Å². The molecule has 1 heterocycles. The Balaban J connectivity index is 1.73. The lowest BCUT2D eigenvalue weighted by Gasteiger charge is -2.09. The van der Waals surface area contributed by atoms with E-state index in [9.17, 15) is 8.42 Å². The van der Waals surface area contributed by atoms with Crippen LogP contribution in [0, 0.1) is 0 Å². The molecule has 3 rings (SSSR count). The molecule has 0 aliphatic rings. The Morgan fingerprint density at radius 3 is 2.48 bits per heavy atom. The summed E-state index contributed by atoms with van der Waals surface area (Å²) < 4.78 is 26.4. The average molecular weight is 421 g/mol. The summed E-state index contributed by atoms with van der Waals surface area (Å²) in [6.45, 7) is 0.581. The predicted octanol–water partition coefficient (Wildman–Crippen LogP) is 3.05. The Labute approximate surface area is 154 Å². The molecule has 2 N–H and O–H groups in total. The Bertz CT molecular complexity index is 991. The molecule has 0 spiro atoms. The summed E-state index contributed by atoms with van der Waals surface area (Å²) in [7, 11) is -1.84.